The number of amides is 2. The SMILES string of the molecule is Cc1ccc(OCC(=O)N(Cc2ccccc2Cl)[C@@H](C)C(=O)NC2CCCC2)cc1C. The van der Waals surface area contributed by atoms with Crippen molar-refractivity contribution in [1.82, 2.24) is 10.2 Å². The Kier molecular flexibility index (Phi) is 7.97. The minimum atomic E-state index is -0.632. The summed E-state index contributed by atoms with van der Waals surface area (Å²) in [5.41, 5.74) is 3.06. The van der Waals surface area contributed by atoms with Gasteiger partial charge in [0, 0.05) is 17.6 Å². The van der Waals surface area contributed by atoms with Gasteiger partial charge in [0.15, 0.2) is 6.61 Å². The molecule has 3 rings (SSSR count). The predicted molar refractivity (Wildman–Crippen MR) is 123 cm³/mol. The summed E-state index contributed by atoms with van der Waals surface area (Å²) in [6.07, 6.45) is 4.25. The minimum absolute atomic E-state index is 0.140. The van der Waals surface area contributed by atoms with Crippen molar-refractivity contribution in [2.24, 2.45) is 0 Å². The lowest BCUT2D eigenvalue weighted by atomic mass is 10.1. The van der Waals surface area contributed by atoms with Crippen molar-refractivity contribution < 1.29 is 14.3 Å². The van der Waals surface area contributed by atoms with Crippen LogP contribution in [0.3, 0.4) is 0 Å². The zero-order chi connectivity index (χ0) is 22.4. The van der Waals surface area contributed by atoms with E-state index in [-0.39, 0.29) is 31.0 Å². The second kappa shape index (κ2) is 10.7. The summed E-state index contributed by atoms with van der Waals surface area (Å²) >= 11 is 6.33. The number of hydrogen-bond acceptors (Lipinski definition) is 3. The van der Waals surface area contributed by atoms with Crippen molar-refractivity contribution in [3.8, 4) is 5.75 Å². The van der Waals surface area contributed by atoms with Crippen molar-refractivity contribution >= 4 is 23.4 Å². The minimum Gasteiger partial charge on any atom is -0.484 e. The smallest absolute Gasteiger partial charge is 0.261 e. The Bertz CT molecular complexity index is 925. The van der Waals surface area contributed by atoms with Gasteiger partial charge in [-0.15, -0.1) is 0 Å². The summed E-state index contributed by atoms with van der Waals surface area (Å²) in [4.78, 5) is 27.6. The van der Waals surface area contributed by atoms with Gasteiger partial charge in [0.05, 0.1) is 0 Å². The van der Waals surface area contributed by atoms with Gasteiger partial charge in [-0.1, -0.05) is 48.7 Å². The maximum absolute atomic E-state index is 13.1. The van der Waals surface area contributed by atoms with Gasteiger partial charge in [0.25, 0.3) is 5.91 Å². The molecule has 1 atom stereocenters. The van der Waals surface area contributed by atoms with Gasteiger partial charge in [0.2, 0.25) is 5.91 Å². The molecule has 5 nitrogen and oxygen atoms in total. The Morgan fingerprint density at radius 1 is 1.13 bits per heavy atom. The normalized spacial score (nSPS) is 14.8. The number of carbonyl (C=O) groups is 2. The van der Waals surface area contributed by atoms with Gasteiger partial charge < -0.3 is 15.0 Å². The Balaban J connectivity index is 1.73. The van der Waals surface area contributed by atoms with Gasteiger partial charge in [-0.25, -0.2) is 0 Å². The standard InChI is InChI=1S/C25H31ClN2O3/c1-17-12-13-22(14-18(17)2)31-16-24(29)28(15-20-8-4-7-11-23(20)26)19(3)25(30)27-21-9-5-6-10-21/h4,7-8,11-14,19,21H,5-6,9-10,15-16H2,1-3H3,(H,27,30)/t19-/m0/s1. The van der Waals surface area contributed by atoms with Crippen LogP contribution >= 0.6 is 11.6 Å². The summed E-state index contributed by atoms with van der Waals surface area (Å²) in [6.45, 7) is 5.89. The van der Waals surface area contributed by atoms with E-state index in [4.69, 9.17) is 16.3 Å². The molecule has 0 bridgehead atoms. The molecule has 31 heavy (non-hydrogen) atoms. The molecule has 2 amide bonds. The molecule has 0 radical (unpaired) electrons. The molecule has 0 saturated heterocycles. The quantitative estimate of drug-likeness (QED) is 0.638. The van der Waals surface area contributed by atoms with Crippen molar-refractivity contribution in [1.29, 1.82) is 0 Å². The van der Waals surface area contributed by atoms with E-state index in [1.54, 1.807) is 17.9 Å². The molecule has 0 spiro atoms. The third-order valence-corrected chi connectivity index (χ3v) is 6.38. The van der Waals surface area contributed by atoms with E-state index in [1.165, 1.54) is 0 Å². The van der Waals surface area contributed by atoms with Crippen molar-refractivity contribution in [3.05, 3.63) is 64.2 Å². The lowest BCUT2D eigenvalue weighted by Gasteiger charge is -2.30. The average Bonchev–Trinajstić information content (AvgIpc) is 3.26. The molecular weight excluding hydrogens is 412 g/mol. The molecule has 2 aromatic rings. The Hall–Kier alpha value is -2.53. The number of nitrogens with zero attached hydrogens (tertiary/aromatic N) is 1. The van der Waals surface area contributed by atoms with Crippen LogP contribution in [0.15, 0.2) is 42.5 Å². The second-order valence-corrected chi connectivity index (χ2v) is 8.72. The summed E-state index contributed by atoms with van der Waals surface area (Å²) in [5, 5.41) is 3.66. The first-order chi connectivity index (χ1) is 14.8. The van der Waals surface area contributed by atoms with Crippen LogP contribution in [0.4, 0.5) is 0 Å². The first-order valence-electron chi connectivity index (χ1n) is 10.9. The summed E-state index contributed by atoms with van der Waals surface area (Å²) in [7, 11) is 0. The van der Waals surface area contributed by atoms with Gasteiger partial charge in [-0.2, -0.15) is 0 Å². The summed E-state index contributed by atoms with van der Waals surface area (Å²) < 4.78 is 5.76. The number of rotatable bonds is 8. The first-order valence-corrected chi connectivity index (χ1v) is 11.3. The lowest BCUT2D eigenvalue weighted by Crippen LogP contribution is -2.50. The number of benzene rings is 2. The number of nitrogens with one attached hydrogen (secondary N) is 1. The van der Waals surface area contributed by atoms with Crippen LogP contribution in [0, 0.1) is 13.8 Å². The molecule has 166 valence electrons. The Morgan fingerprint density at radius 3 is 2.52 bits per heavy atom. The van der Waals surface area contributed by atoms with E-state index >= 15 is 0 Å². The lowest BCUT2D eigenvalue weighted by molar-refractivity contribution is -0.142. The van der Waals surface area contributed by atoms with Crippen LogP contribution in [-0.2, 0) is 16.1 Å². The van der Waals surface area contributed by atoms with Gasteiger partial charge >= 0.3 is 0 Å². The molecule has 1 aliphatic carbocycles. The molecule has 0 aromatic heterocycles. The van der Waals surface area contributed by atoms with Crippen LogP contribution in [0.1, 0.15) is 49.3 Å². The van der Waals surface area contributed by atoms with E-state index < -0.39 is 6.04 Å². The maximum atomic E-state index is 13.1. The molecule has 0 aliphatic heterocycles. The predicted octanol–water partition coefficient (Wildman–Crippen LogP) is 4.81. The van der Waals surface area contributed by atoms with Crippen LogP contribution < -0.4 is 10.1 Å². The van der Waals surface area contributed by atoms with E-state index in [0.29, 0.717) is 10.8 Å². The van der Waals surface area contributed by atoms with Crippen LogP contribution in [-0.4, -0.2) is 35.4 Å². The highest BCUT2D eigenvalue weighted by Crippen LogP contribution is 2.21. The molecule has 0 unspecified atom stereocenters. The van der Waals surface area contributed by atoms with Gasteiger partial charge in [-0.05, 0) is 68.5 Å². The first kappa shape index (κ1) is 23.1. The highest BCUT2D eigenvalue weighted by atomic mass is 35.5. The third kappa shape index (κ3) is 6.23. The molecule has 1 fully saturated rings. The molecular formula is C25H31ClN2O3. The molecule has 1 N–H and O–H groups in total. The van der Waals surface area contributed by atoms with Crippen LogP contribution in [0.2, 0.25) is 5.02 Å². The van der Waals surface area contributed by atoms with E-state index in [0.717, 1.165) is 42.4 Å². The second-order valence-electron chi connectivity index (χ2n) is 8.31. The third-order valence-electron chi connectivity index (χ3n) is 6.01. The zero-order valence-corrected chi connectivity index (χ0v) is 19.2. The Morgan fingerprint density at radius 2 is 1.84 bits per heavy atom. The number of halogens is 1. The molecule has 6 heteroatoms. The topological polar surface area (TPSA) is 58.6 Å². The number of aryl methyl sites for hydroxylation is 2. The fourth-order valence-electron chi connectivity index (χ4n) is 3.82. The maximum Gasteiger partial charge on any atom is 0.261 e. The number of hydrogen-bond donors (Lipinski definition) is 1. The van der Waals surface area contributed by atoms with Crippen molar-refractivity contribution in [2.45, 2.75) is 65.1 Å². The van der Waals surface area contributed by atoms with E-state index in [1.807, 2.05) is 50.2 Å². The highest BCUT2D eigenvalue weighted by Gasteiger charge is 2.29. The molecule has 1 aliphatic rings. The molecule has 0 heterocycles. The number of carbonyl (C=O) groups excluding carboxylic acids is 2. The molecule has 1 saturated carbocycles. The average molecular weight is 443 g/mol. The van der Waals surface area contributed by atoms with E-state index in [2.05, 4.69) is 5.32 Å². The summed E-state index contributed by atoms with van der Waals surface area (Å²) in [6, 6.07) is 12.7. The van der Waals surface area contributed by atoms with Crippen LogP contribution in [0.25, 0.3) is 0 Å². The zero-order valence-electron chi connectivity index (χ0n) is 18.5. The van der Waals surface area contributed by atoms with Crippen LogP contribution in [0.5, 0.6) is 5.75 Å². The summed E-state index contributed by atoms with van der Waals surface area (Å²) in [5.74, 6) is 0.239. The monoisotopic (exact) mass is 442 g/mol. The Labute approximate surface area is 189 Å². The van der Waals surface area contributed by atoms with Crippen molar-refractivity contribution in [3.63, 3.8) is 0 Å². The fourth-order valence-corrected chi connectivity index (χ4v) is 4.01. The van der Waals surface area contributed by atoms with E-state index in [9.17, 15) is 9.59 Å². The van der Waals surface area contributed by atoms with Crippen molar-refractivity contribution in [2.75, 3.05) is 6.61 Å². The van der Waals surface area contributed by atoms with Gasteiger partial charge in [-0.3, -0.25) is 9.59 Å². The fraction of sp³-hybridized carbons (Fsp3) is 0.440. The van der Waals surface area contributed by atoms with Gasteiger partial charge in [0.1, 0.15) is 11.8 Å². The number of ether oxygens (including phenoxy) is 1. The molecule has 2 aromatic carbocycles. The largest absolute Gasteiger partial charge is 0.484 e. The highest BCUT2D eigenvalue weighted by molar-refractivity contribution is 6.31.